The number of benzene rings is 3. The Hall–Kier alpha value is -2.72. The molecule has 1 amide bonds. The van der Waals surface area contributed by atoms with Gasteiger partial charge in [-0.15, -0.1) is 0 Å². The van der Waals surface area contributed by atoms with E-state index in [1.807, 2.05) is 12.1 Å². The molecule has 1 heterocycles. The molecular formula is C24H24BrN3O4S. The Morgan fingerprint density at radius 3 is 2.12 bits per heavy atom. The highest BCUT2D eigenvalue weighted by molar-refractivity contribution is 9.10. The maximum absolute atomic E-state index is 12.6. The van der Waals surface area contributed by atoms with Crippen LogP contribution in [0.5, 0.6) is 0 Å². The highest BCUT2D eigenvalue weighted by atomic mass is 79.9. The van der Waals surface area contributed by atoms with Gasteiger partial charge in [0.15, 0.2) is 0 Å². The third-order valence-corrected chi connectivity index (χ3v) is 7.17. The van der Waals surface area contributed by atoms with Crippen molar-refractivity contribution < 1.29 is 17.9 Å². The van der Waals surface area contributed by atoms with Crippen LogP contribution in [0.25, 0.3) is 0 Å². The molecule has 3 aromatic rings. The molecule has 0 bridgehead atoms. The summed E-state index contributed by atoms with van der Waals surface area (Å²) in [5, 5.41) is 2.81. The van der Waals surface area contributed by atoms with Gasteiger partial charge < -0.3 is 10.1 Å². The summed E-state index contributed by atoms with van der Waals surface area (Å²) < 4.78 is 34.0. The third kappa shape index (κ3) is 6.42. The van der Waals surface area contributed by atoms with Gasteiger partial charge in [0.2, 0.25) is 0 Å². The second kappa shape index (κ2) is 10.5. The number of carbonyl (C=O) groups excluding carboxylic acids is 1. The lowest BCUT2D eigenvalue weighted by Gasteiger charge is -2.26. The molecule has 4 rings (SSSR count). The van der Waals surface area contributed by atoms with E-state index in [2.05, 4.69) is 30.9 Å². The van der Waals surface area contributed by atoms with Gasteiger partial charge in [0, 0.05) is 41.0 Å². The van der Waals surface area contributed by atoms with E-state index in [0.717, 1.165) is 42.9 Å². The van der Waals surface area contributed by atoms with Crippen molar-refractivity contribution in [3.63, 3.8) is 0 Å². The van der Waals surface area contributed by atoms with Crippen LogP contribution in [0.3, 0.4) is 0 Å². The Kier molecular flexibility index (Phi) is 7.44. The molecule has 0 saturated carbocycles. The lowest BCUT2D eigenvalue weighted by Crippen LogP contribution is -2.35. The lowest BCUT2D eigenvalue weighted by molar-refractivity contribution is 0.0342. The van der Waals surface area contributed by atoms with Gasteiger partial charge in [0.25, 0.3) is 15.9 Å². The fourth-order valence-corrected chi connectivity index (χ4v) is 4.75. The Labute approximate surface area is 201 Å². The van der Waals surface area contributed by atoms with Crippen LogP contribution in [0.4, 0.5) is 11.4 Å². The number of nitrogens with zero attached hydrogens (tertiary/aromatic N) is 1. The Bertz CT molecular complexity index is 1190. The van der Waals surface area contributed by atoms with Crippen LogP contribution >= 0.6 is 15.9 Å². The highest BCUT2D eigenvalue weighted by Crippen LogP contribution is 2.20. The van der Waals surface area contributed by atoms with Crippen molar-refractivity contribution in [1.82, 2.24) is 4.90 Å². The van der Waals surface area contributed by atoms with Crippen molar-refractivity contribution in [2.75, 3.05) is 36.3 Å². The van der Waals surface area contributed by atoms with Gasteiger partial charge in [-0.25, -0.2) is 8.42 Å². The first-order chi connectivity index (χ1) is 15.9. The van der Waals surface area contributed by atoms with E-state index in [4.69, 9.17) is 4.74 Å². The van der Waals surface area contributed by atoms with Crippen molar-refractivity contribution in [2.45, 2.75) is 11.4 Å². The van der Waals surface area contributed by atoms with Crippen LogP contribution in [0, 0.1) is 0 Å². The van der Waals surface area contributed by atoms with Crippen LogP contribution in [0.15, 0.2) is 82.2 Å². The zero-order valence-corrected chi connectivity index (χ0v) is 20.2. The van der Waals surface area contributed by atoms with Gasteiger partial charge in [-0.2, -0.15) is 0 Å². The molecule has 1 aliphatic rings. The average molecular weight is 530 g/mol. The van der Waals surface area contributed by atoms with Gasteiger partial charge in [0.1, 0.15) is 0 Å². The molecule has 1 saturated heterocycles. The molecular weight excluding hydrogens is 506 g/mol. The van der Waals surface area contributed by atoms with E-state index in [1.165, 1.54) is 12.1 Å². The zero-order valence-electron chi connectivity index (χ0n) is 17.8. The normalized spacial score (nSPS) is 14.6. The Balaban J connectivity index is 1.36. The second-order valence-electron chi connectivity index (χ2n) is 7.68. The molecule has 1 aliphatic heterocycles. The summed E-state index contributed by atoms with van der Waals surface area (Å²) in [7, 11) is -3.73. The van der Waals surface area contributed by atoms with Crippen molar-refractivity contribution >= 4 is 43.2 Å². The number of morpholine rings is 1. The topological polar surface area (TPSA) is 87.7 Å². The zero-order chi connectivity index (χ0) is 23.3. The summed E-state index contributed by atoms with van der Waals surface area (Å²) in [5.74, 6) is -0.253. The summed E-state index contributed by atoms with van der Waals surface area (Å²) in [6.07, 6.45) is 0. The number of nitrogens with one attached hydrogen (secondary N) is 2. The van der Waals surface area contributed by atoms with E-state index >= 15 is 0 Å². The van der Waals surface area contributed by atoms with Gasteiger partial charge in [-0.1, -0.05) is 28.1 Å². The first kappa shape index (κ1) is 23.4. The predicted molar refractivity (Wildman–Crippen MR) is 132 cm³/mol. The summed E-state index contributed by atoms with van der Waals surface area (Å²) in [6.45, 7) is 4.15. The molecule has 9 heteroatoms. The minimum absolute atomic E-state index is 0.107. The highest BCUT2D eigenvalue weighted by Gasteiger charge is 2.15. The van der Waals surface area contributed by atoms with Crippen LogP contribution in [0.2, 0.25) is 0 Å². The van der Waals surface area contributed by atoms with E-state index in [0.29, 0.717) is 16.9 Å². The number of hydrogen-bond donors (Lipinski definition) is 2. The van der Waals surface area contributed by atoms with Crippen LogP contribution in [-0.4, -0.2) is 45.5 Å². The summed E-state index contributed by atoms with van der Waals surface area (Å²) in [6, 6.07) is 20.4. The molecule has 2 N–H and O–H groups in total. The molecule has 1 fully saturated rings. The summed E-state index contributed by atoms with van der Waals surface area (Å²) >= 11 is 3.32. The van der Waals surface area contributed by atoms with E-state index < -0.39 is 10.0 Å². The van der Waals surface area contributed by atoms with Crippen molar-refractivity contribution in [3.05, 3.63) is 88.4 Å². The molecule has 0 radical (unpaired) electrons. The number of amides is 1. The van der Waals surface area contributed by atoms with Gasteiger partial charge in [-0.3, -0.25) is 14.4 Å². The number of ether oxygens (including phenoxy) is 1. The fourth-order valence-electron chi connectivity index (χ4n) is 3.43. The molecule has 0 atom stereocenters. The second-order valence-corrected chi connectivity index (χ2v) is 10.3. The largest absolute Gasteiger partial charge is 0.379 e. The molecule has 172 valence electrons. The maximum atomic E-state index is 12.6. The summed E-state index contributed by atoms with van der Waals surface area (Å²) in [5.41, 5.74) is 2.66. The standard InChI is InChI=1S/C24H24BrN3O4S/c25-20-5-7-22(8-6-20)27-33(30,31)23-11-9-21(10-12-23)26-24(29)19-3-1-18(2-4-19)17-28-13-15-32-16-14-28/h1-12,27H,13-17H2,(H,26,29). The molecule has 33 heavy (non-hydrogen) atoms. The van der Waals surface area contributed by atoms with Gasteiger partial charge in [0.05, 0.1) is 18.1 Å². The van der Waals surface area contributed by atoms with Crippen molar-refractivity contribution in [2.24, 2.45) is 0 Å². The number of anilines is 2. The number of sulfonamides is 1. The van der Waals surface area contributed by atoms with Crippen molar-refractivity contribution in [1.29, 1.82) is 0 Å². The van der Waals surface area contributed by atoms with E-state index in [1.54, 1.807) is 48.5 Å². The number of hydrogen-bond acceptors (Lipinski definition) is 5. The molecule has 3 aromatic carbocycles. The SMILES string of the molecule is O=C(Nc1ccc(S(=O)(=O)Nc2ccc(Br)cc2)cc1)c1ccc(CN2CCOCC2)cc1. The summed E-state index contributed by atoms with van der Waals surface area (Å²) in [4.78, 5) is 15.0. The Morgan fingerprint density at radius 1 is 0.879 bits per heavy atom. The van der Waals surface area contributed by atoms with Crippen LogP contribution < -0.4 is 10.0 Å². The number of carbonyl (C=O) groups is 1. The molecule has 0 aliphatic carbocycles. The fraction of sp³-hybridized carbons (Fsp3) is 0.208. The lowest BCUT2D eigenvalue weighted by atomic mass is 10.1. The monoisotopic (exact) mass is 529 g/mol. The first-order valence-corrected chi connectivity index (χ1v) is 12.8. The van der Waals surface area contributed by atoms with Gasteiger partial charge >= 0.3 is 0 Å². The van der Waals surface area contributed by atoms with E-state index in [9.17, 15) is 13.2 Å². The molecule has 0 spiro atoms. The molecule has 7 nitrogen and oxygen atoms in total. The minimum atomic E-state index is -3.73. The molecule has 0 aromatic heterocycles. The van der Waals surface area contributed by atoms with Crippen LogP contribution in [-0.2, 0) is 21.3 Å². The van der Waals surface area contributed by atoms with Crippen LogP contribution in [0.1, 0.15) is 15.9 Å². The van der Waals surface area contributed by atoms with E-state index in [-0.39, 0.29) is 10.8 Å². The molecule has 0 unspecified atom stereocenters. The smallest absolute Gasteiger partial charge is 0.261 e. The van der Waals surface area contributed by atoms with Gasteiger partial charge in [-0.05, 0) is 66.2 Å². The number of rotatable bonds is 7. The predicted octanol–water partition coefficient (Wildman–Crippen LogP) is 4.33. The Morgan fingerprint density at radius 2 is 1.48 bits per heavy atom. The first-order valence-electron chi connectivity index (χ1n) is 10.5. The average Bonchev–Trinajstić information content (AvgIpc) is 2.82. The van der Waals surface area contributed by atoms with Crippen molar-refractivity contribution in [3.8, 4) is 0 Å². The number of halogens is 1. The minimum Gasteiger partial charge on any atom is -0.379 e. The quantitative estimate of drug-likeness (QED) is 0.475. The maximum Gasteiger partial charge on any atom is 0.261 e. The third-order valence-electron chi connectivity index (χ3n) is 5.24.